The SMILES string of the molecule is CC1=CC[C-]=C1C(C)C.CC1=CC[C-]=C1C(C)C.[Cl-].[Cl-].[Ti+4]. The average molecular weight is 361 g/mol. The van der Waals surface area contributed by atoms with Gasteiger partial charge in [0.25, 0.3) is 0 Å². The zero-order chi connectivity index (χ0) is 13.7. The Kier molecular flexibility index (Phi) is 15.9. The van der Waals surface area contributed by atoms with Crippen molar-refractivity contribution in [2.45, 2.75) is 54.4 Å². The molecule has 2 rings (SSSR count). The molecule has 2 aliphatic carbocycles. The largest absolute Gasteiger partial charge is 4.00 e. The molecule has 0 unspecified atom stereocenters. The zero-order valence-electron chi connectivity index (χ0n) is 14.0. The molecule has 0 bridgehead atoms. The van der Waals surface area contributed by atoms with Gasteiger partial charge in [0.1, 0.15) is 0 Å². The van der Waals surface area contributed by atoms with E-state index in [1.165, 1.54) is 22.3 Å². The summed E-state index contributed by atoms with van der Waals surface area (Å²) in [5, 5.41) is 0. The molecule has 116 valence electrons. The van der Waals surface area contributed by atoms with Gasteiger partial charge in [-0.15, -0.1) is 26.7 Å². The van der Waals surface area contributed by atoms with Crippen LogP contribution in [0.3, 0.4) is 0 Å². The third-order valence-electron chi connectivity index (χ3n) is 3.41. The molecular formula is C18H26Cl2Ti. The molecule has 2 aliphatic rings. The molecule has 0 aliphatic heterocycles. The molecule has 3 heteroatoms. The first-order valence-electron chi connectivity index (χ1n) is 6.99. The van der Waals surface area contributed by atoms with E-state index in [-0.39, 0.29) is 46.5 Å². The predicted octanol–water partition coefficient (Wildman–Crippen LogP) is -0.551. The molecule has 0 heterocycles. The van der Waals surface area contributed by atoms with Crippen LogP contribution in [0.4, 0.5) is 0 Å². The minimum Gasteiger partial charge on any atom is -1.00 e. The van der Waals surface area contributed by atoms with Gasteiger partial charge < -0.3 is 24.8 Å². The Morgan fingerprint density at radius 1 is 0.762 bits per heavy atom. The van der Waals surface area contributed by atoms with E-state index in [9.17, 15) is 0 Å². The van der Waals surface area contributed by atoms with Gasteiger partial charge in [0.05, 0.1) is 0 Å². The van der Waals surface area contributed by atoms with E-state index < -0.39 is 0 Å². The second kappa shape index (κ2) is 12.8. The Labute approximate surface area is 158 Å². The van der Waals surface area contributed by atoms with E-state index in [2.05, 4.69) is 65.8 Å². The van der Waals surface area contributed by atoms with Gasteiger partial charge in [-0.2, -0.15) is 12.2 Å². The molecule has 0 aromatic carbocycles. The van der Waals surface area contributed by atoms with Gasteiger partial charge in [-0.05, 0) is 0 Å². The Hall–Kier alpha value is 0.254. The minimum absolute atomic E-state index is 0. The molecule has 0 N–H and O–H groups in total. The fourth-order valence-electron chi connectivity index (χ4n) is 2.45. The van der Waals surface area contributed by atoms with Crippen LogP contribution in [0.15, 0.2) is 34.4 Å². The second-order valence-electron chi connectivity index (χ2n) is 5.67. The first-order valence-corrected chi connectivity index (χ1v) is 6.99. The summed E-state index contributed by atoms with van der Waals surface area (Å²) in [6.45, 7) is 13.2. The van der Waals surface area contributed by atoms with E-state index in [0.717, 1.165) is 12.8 Å². The number of hydrogen-bond acceptors (Lipinski definition) is 0. The van der Waals surface area contributed by atoms with E-state index in [1.54, 1.807) is 0 Å². The summed E-state index contributed by atoms with van der Waals surface area (Å²) in [4.78, 5) is 0. The third kappa shape index (κ3) is 8.45. The van der Waals surface area contributed by atoms with E-state index in [4.69, 9.17) is 0 Å². The van der Waals surface area contributed by atoms with E-state index >= 15 is 0 Å². The van der Waals surface area contributed by atoms with Gasteiger partial charge in [0.2, 0.25) is 0 Å². The van der Waals surface area contributed by atoms with Crippen LogP contribution in [0.2, 0.25) is 0 Å². The summed E-state index contributed by atoms with van der Waals surface area (Å²) < 4.78 is 0. The van der Waals surface area contributed by atoms with Crippen molar-refractivity contribution in [3.8, 4) is 0 Å². The molecule has 0 nitrogen and oxygen atoms in total. The minimum atomic E-state index is 0. The Bertz CT molecular complexity index is 373. The second-order valence-corrected chi connectivity index (χ2v) is 5.67. The first-order chi connectivity index (χ1) is 8.43. The molecular weight excluding hydrogens is 335 g/mol. The zero-order valence-corrected chi connectivity index (χ0v) is 17.1. The maximum Gasteiger partial charge on any atom is 4.00 e. The molecule has 0 radical (unpaired) electrons. The fraction of sp³-hybridized carbons (Fsp3) is 0.556. The van der Waals surface area contributed by atoms with Crippen LogP contribution in [-0.2, 0) is 21.7 Å². The predicted molar refractivity (Wildman–Crippen MR) is 79.9 cm³/mol. The smallest absolute Gasteiger partial charge is 1.00 e. The van der Waals surface area contributed by atoms with Crippen molar-refractivity contribution in [1.82, 2.24) is 0 Å². The molecule has 0 amide bonds. The molecule has 0 spiro atoms. The Morgan fingerprint density at radius 3 is 1.14 bits per heavy atom. The van der Waals surface area contributed by atoms with Crippen molar-refractivity contribution in [3.63, 3.8) is 0 Å². The quantitative estimate of drug-likeness (QED) is 0.458. The van der Waals surface area contributed by atoms with Gasteiger partial charge in [0, 0.05) is 0 Å². The van der Waals surface area contributed by atoms with Gasteiger partial charge in [-0.3, -0.25) is 12.2 Å². The van der Waals surface area contributed by atoms with Crippen molar-refractivity contribution < 1.29 is 46.5 Å². The van der Waals surface area contributed by atoms with Crippen LogP contribution in [0.1, 0.15) is 54.4 Å². The van der Waals surface area contributed by atoms with Crippen LogP contribution in [0.25, 0.3) is 0 Å². The van der Waals surface area contributed by atoms with Crippen molar-refractivity contribution in [3.05, 3.63) is 46.6 Å². The van der Waals surface area contributed by atoms with Gasteiger partial charge in [0.15, 0.2) is 0 Å². The third-order valence-corrected chi connectivity index (χ3v) is 3.41. The summed E-state index contributed by atoms with van der Waals surface area (Å²) in [5.74, 6) is 1.31. The summed E-state index contributed by atoms with van der Waals surface area (Å²) in [5.41, 5.74) is 5.67. The van der Waals surface area contributed by atoms with Crippen LogP contribution in [0.5, 0.6) is 0 Å². The van der Waals surface area contributed by atoms with E-state index in [0.29, 0.717) is 11.8 Å². The topological polar surface area (TPSA) is 0 Å². The molecule has 0 saturated carbocycles. The monoisotopic (exact) mass is 360 g/mol. The number of rotatable bonds is 2. The molecule has 0 fully saturated rings. The maximum atomic E-state index is 3.33. The molecule has 0 atom stereocenters. The molecule has 21 heavy (non-hydrogen) atoms. The van der Waals surface area contributed by atoms with Crippen molar-refractivity contribution in [2.75, 3.05) is 0 Å². The van der Waals surface area contributed by atoms with Crippen molar-refractivity contribution in [2.24, 2.45) is 11.8 Å². The van der Waals surface area contributed by atoms with Crippen molar-refractivity contribution >= 4 is 0 Å². The van der Waals surface area contributed by atoms with Crippen LogP contribution in [0, 0.1) is 24.0 Å². The standard InChI is InChI=1S/2C9H13.2ClH.Ti/c2*1-7(2)9-6-4-5-8(9)3;;;/h2*5,7H,4H2,1-3H3;2*1H;/q2*-1;;;+4/p-2. The summed E-state index contributed by atoms with van der Waals surface area (Å²) >= 11 is 0. The molecule has 0 aromatic rings. The Morgan fingerprint density at radius 2 is 1.05 bits per heavy atom. The number of halogens is 2. The number of hydrogen-bond donors (Lipinski definition) is 0. The molecule has 0 saturated heterocycles. The maximum absolute atomic E-state index is 3.33. The first kappa shape index (κ1) is 26.2. The van der Waals surface area contributed by atoms with Crippen molar-refractivity contribution in [1.29, 1.82) is 0 Å². The summed E-state index contributed by atoms with van der Waals surface area (Å²) in [6, 6.07) is 0. The normalized spacial score (nSPS) is 15.6. The molecule has 0 aromatic heterocycles. The van der Waals surface area contributed by atoms with Gasteiger partial charge in [-0.25, -0.2) is 22.3 Å². The van der Waals surface area contributed by atoms with Crippen LogP contribution in [-0.4, -0.2) is 0 Å². The van der Waals surface area contributed by atoms with E-state index in [1.807, 2.05) is 0 Å². The van der Waals surface area contributed by atoms with Crippen LogP contribution < -0.4 is 24.8 Å². The fourth-order valence-corrected chi connectivity index (χ4v) is 2.45. The Balaban J connectivity index is -0.000000270. The number of allylic oxidation sites excluding steroid dienone is 8. The summed E-state index contributed by atoms with van der Waals surface area (Å²) in [6.07, 6.45) is 13.2. The van der Waals surface area contributed by atoms with Gasteiger partial charge in [-0.1, -0.05) is 39.5 Å². The van der Waals surface area contributed by atoms with Crippen LogP contribution >= 0.6 is 0 Å². The van der Waals surface area contributed by atoms with Gasteiger partial charge >= 0.3 is 21.7 Å². The summed E-state index contributed by atoms with van der Waals surface area (Å²) in [7, 11) is 0. The average Bonchev–Trinajstić information content (AvgIpc) is 2.87.